The lowest BCUT2D eigenvalue weighted by Gasteiger charge is -2.58. The van der Waals surface area contributed by atoms with Crippen molar-refractivity contribution in [1.29, 1.82) is 0 Å². The zero-order valence-corrected chi connectivity index (χ0v) is 30.7. The molecule has 0 aromatic heterocycles. The fraction of sp³-hybridized carbons (Fsp3) is 0.917. The standard InChI is InChI=1S/C36H61BNO7P/c1-22(2)9-8-10-23(3)27-13-14-28-26-12-11-24-19-25(15-17-34(24,4)29(26)16-18-35(27,28)5)43-33(39)38-20-36(21-42-6)31(45-46(7,40)41)30(38)32(37)44-36/h11,22-23,25-32H,8-10,12-21,37H2,1-7H3,(H,40,41)/t23-,25-,26?,27?,28?,29?,30?,31?,32?,34-,35+,36-/m0/s1. The molecule has 13 atom stereocenters. The summed E-state index contributed by atoms with van der Waals surface area (Å²) < 4.78 is 35.8. The van der Waals surface area contributed by atoms with E-state index in [0.717, 1.165) is 54.8 Å². The summed E-state index contributed by atoms with van der Waals surface area (Å²) in [5, 5.41) is 0. The minimum atomic E-state index is -3.82. The van der Waals surface area contributed by atoms with Gasteiger partial charge in [0.2, 0.25) is 0 Å². The number of amides is 1. The predicted molar refractivity (Wildman–Crippen MR) is 182 cm³/mol. The van der Waals surface area contributed by atoms with Gasteiger partial charge < -0.3 is 23.6 Å². The number of rotatable bonds is 10. The Morgan fingerprint density at radius 2 is 1.91 bits per heavy atom. The van der Waals surface area contributed by atoms with Crippen LogP contribution in [0.5, 0.6) is 0 Å². The van der Waals surface area contributed by atoms with Crippen molar-refractivity contribution in [3.63, 3.8) is 0 Å². The Hall–Kier alpha value is -0.855. The van der Waals surface area contributed by atoms with Gasteiger partial charge in [-0.2, -0.15) is 0 Å². The fourth-order valence-electron chi connectivity index (χ4n) is 11.9. The number of hydrogen-bond acceptors (Lipinski definition) is 6. The molecule has 2 aliphatic heterocycles. The van der Waals surface area contributed by atoms with Crippen molar-refractivity contribution >= 4 is 21.5 Å². The third-order valence-corrected chi connectivity index (χ3v) is 14.6. The quantitative estimate of drug-likeness (QED) is 0.157. The summed E-state index contributed by atoms with van der Waals surface area (Å²) in [5.74, 6) is 4.81. The second kappa shape index (κ2) is 12.8. The molecule has 8 unspecified atom stereocenters. The van der Waals surface area contributed by atoms with E-state index < -0.39 is 25.3 Å². The summed E-state index contributed by atoms with van der Waals surface area (Å²) in [6.45, 7) is 14.0. The van der Waals surface area contributed by atoms with Crippen molar-refractivity contribution < 1.29 is 33.0 Å². The third kappa shape index (κ3) is 6.09. The molecule has 0 aromatic rings. The average Bonchev–Trinajstić information content (AvgIpc) is 3.55. The van der Waals surface area contributed by atoms with Gasteiger partial charge in [-0.1, -0.05) is 65.5 Å². The molecule has 0 aromatic carbocycles. The van der Waals surface area contributed by atoms with Crippen LogP contribution >= 0.6 is 7.60 Å². The lowest BCUT2D eigenvalue weighted by atomic mass is 9.47. The molecule has 2 bridgehead atoms. The first-order valence-electron chi connectivity index (χ1n) is 18.4. The number of carbonyl (C=O) groups is 1. The first-order chi connectivity index (χ1) is 21.6. The number of morpholine rings is 1. The van der Waals surface area contributed by atoms with Gasteiger partial charge in [-0.3, -0.25) is 9.46 Å². The molecule has 260 valence electrons. The van der Waals surface area contributed by atoms with E-state index in [9.17, 15) is 14.3 Å². The second-order valence-electron chi connectivity index (χ2n) is 17.3. The molecule has 4 aliphatic carbocycles. The lowest BCUT2D eigenvalue weighted by Crippen LogP contribution is -2.53. The molecule has 46 heavy (non-hydrogen) atoms. The van der Waals surface area contributed by atoms with Crippen LogP contribution in [0.25, 0.3) is 0 Å². The van der Waals surface area contributed by atoms with Crippen LogP contribution in [0.1, 0.15) is 105 Å². The fourth-order valence-corrected chi connectivity index (χ4v) is 12.7. The van der Waals surface area contributed by atoms with Crippen molar-refractivity contribution in [3.05, 3.63) is 11.6 Å². The largest absolute Gasteiger partial charge is 0.446 e. The van der Waals surface area contributed by atoms with E-state index in [1.54, 1.807) is 12.0 Å². The van der Waals surface area contributed by atoms with Crippen LogP contribution in [0.3, 0.4) is 0 Å². The van der Waals surface area contributed by atoms with Gasteiger partial charge in [0.15, 0.2) is 0 Å². The number of likely N-dealkylation sites (tertiary alicyclic amines) is 1. The van der Waals surface area contributed by atoms with E-state index in [1.165, 1.54) is 63.6 Å². The number of nitrogens with zero attached hydrogens (tertiary/aromatic N) is 1. The van der Waals surface area contributed by atoms with Crippen LogP contribution in [0.2, 0.25) is 0 Å². The summed E-state index contributed by atoms with van der Waals surface area (Å²) in [6, 6.07) is -0.868. The minimum Gasteiger partial charge on any atom is -0.446 e. The van der Waals surface area contributed by atoms with E-state index in [-0.39, 0.29) is 36.8 Å². The molecular formula is C36H61BNO7P. The molecule has 5 fully saturated rings. The smallest absolute Gasteiger partial charge is 0.410 e. The Morgan fingerprint density at radius 1 is 1.15 bits per heavy atom. The molecule has 6 rings (SSSR count). The van der Waals surface area contributed by atoms with Gasteiger partial charge >= 0.3 is 13.7 Å². The Morgan fingerprint density at radius 3 is 2.61 bits per heavy atom. The molecule has 0 radical (unpaired) electrons. The topological polar surface area (TPSA) is 94.5 Å². The van der Waals surface area contributed by atoms with E-state index in [1.807, 2.05) is 7.85 Å². The van der Waals surface area contributed by atoms with Crippen LogP contribution in [0.4, 0.5) is 4.79 Å². The predicted octanol–water partition coefficient (Wildman–Crippen LogP) is 6.79. The van der Waals surface area contributed by atoms with Gasteiger partial charge in [-0.05, 0) is 91.3 Å². The normalized spacial score (nSPS) is 45.1. The molecule has 2 saturated heterocycles. The Labute approximate surface area is 279 Å². The summed E-state index contributed by atoms with van der Waals surface area (Å²) in [5.41, 5.74) is 1.18. The molecule has 1 amide bonds. The SMILES string of the molecule is BC1O[C@]2(COC)CN(C(=O)O[C@H]3CC[C@@]4(C)C(=CCC5C6CCC([C@@H](C)CCCC(C)C)[C@@]6(C)CCC54)C3)C1C2OP(C)(=O)O. The molecule has 8 nitrogen and oxygen atoms in total. The van der Waals surface area contributed by atoms with Crippen LogP contribution in [-0.4, -0.2) is 80.5 Å². The number of allylic oxidation sites excluding steroid dienone is 1. The minimum absolute atomic E-state index is 0.164. The van der Waals surface area contributed by atoms with Gasteiger partial charge in [0.05, 0.1) is 19.2 Å². The molecule has 10 heteroatoms. The maximum Gasteiger partial charge on any atom is 0.410 e. The van der Waals surface area contributed by atoms with Gasteiger partial charge in [0, 0.05) is 26.2 Å². The molecule has 1 N–H and O–H groups in total. The number of hydrogen-bond donors (Lipinski definition) is 1. The first kappa shape index (κ1) is 35.0. The summed E-state index contributed by atoms with van der Waals surface area (Å²) in [6.07, 6.45) is 14.8. The number of fused-ring (bicyclic) bond motifs is 7. The van der Waals surface area contributed by atoms with Gasteiger partial charge in [0.25, 0.3) is 0 Å². The van der Waals surface area contributed by atoms with E-state index in [0.29, 0.717) is 5.41 Å². The first-order valence-corrected chi connectivity index (χ1v) is 20.5. The lowest BCUT2D eigenvalue weighted by molar-refractivity contribution is -0.111. The summed E-state index contributed by atoms with van der Waals surface area (Å²) >= 11 is 0. The Balaban J connectivity index is 1.11. The third-order valence-electron chi connectivity index (χ3n) is 14.0. The van der Waals surface area contributed by atoms with Crippen molar-refractivity contribution in [2.45, 2.75) is 135 Å². The molecule has 6 aliphatic rings. The van der Waals surface area contributed by atoms with E-state index in [4.69, 9.17) is 18.7 Å². The summed E-state index contributed by atoms with van der Waals surface area (Å²) in [4.78, 5) is 25.4. The highest BCUT2D eigenvalue weighted by atomic mass is 31.2. The van der Waals surface area contributed by atoms with Crippen LogP contribution in [-0.2, 0) is 23.3 Å². The molecule has 3 saturated carbocycles. The van der Waals surface area contributed by atoms with Crippen molar-refractivity contribution in [1.82, 2.24) is 4.90 Å². The van der Waals surface area contributed by atoms with Crippen LogP contribution in [0.15, 0.2) is 11.6 Å². The number of methoxy groups -OCH3 is 1. The maximum absolute atomic E-state index is 13.7. The zero-order valence-electron chi connectivity index (χ0n) is 29.8. The average molecular weight is 662 g/mol. The van der Waals surface area contributed by atoms with Gasteiger partial charge in [-0.25, -0.2) is 4.79 Å². The zero-order chi connectivity index (χ0) is 33.2. The monoisotopic (exact) mass is 661 g/mol. The Kier molecular flexibility index (Phi) is 9.73. The highest BCUT2D eigenvalue weighted by Gasteiger charge is 2.66. The van der Waals surface area contributed by atoms with Crippen LogP contribution in [0, 0.1) is 46.3 Å². The maximum atomic E-state index is 13.7. The highest BCUT2D eigenvalue weighted by Crippen LogP contribution is 2.67. The Bertz CT molecular complexity index is 1220. The number of ether oxygens (including phenoxy) is 3. The van der Waals surface area contributed by atoms with Gasteiger partial charge in [0.1, 0.15) is 25.7 Å². The molecular weight excluding hydrogens is 600 g/mol. The van der Waals surface area contributed by atoms with Crippen molar-refractivity contribution in [2.24, 2.45) is 46.3 Å². The molecule has 2 heterocycles. The molecule has 0 spiro atoms. The van der Waals surface area contributed by atoms with Crippen molar-refractivity contribution in [3.8, 4) is 0 Å². The van der Waals surface area contributed by atoms with Crippen molar-refractivity contribution in [2.75, 3.05) is 26.9 Å². The highest BCUT2D eigenvalue weighted by molar-refractivity contribution is 7.51. The van der Waals surface area contributed by atoms with E-state index >= 15 is 0 Å². The summed E-state index contributed by atoms with van der Waals surface area (Å²) in [7, 11) is -0.382. The van der Waals surface area contributed by atoms with E-state index in [2.05, 4.69) is 40.7 Å². The van der Waals surface area contributed by atoms with Crippen LogP contribution < -0.4 is 0 Å². The second-order valence-corrected chi connectivity index (χ2v) is 19.1. The van der Waals surface area contributed by atoms with Gasteiger partial charge in [-0.15, -0.1) is 0 Å². The number of carbonyl (C=O) groups excluding carboxylic acids is 1.